The Morgan fingerprint density at radius 1 is 1.35 bits per heavy atom. The van der Waals surface area contributed by atoms with Gasteiger partial charge in [-0.15, -0.1) is 12.4 Å². The minimum Gasteiger partial charge on any atom is -0.484 e. The van der Waals surface area contributed by atoms with E-state index in [4.69, 9.17) is 5.73 Å². The van der Waals surface area contributed by atoms with Crippen LogP contribution in [-0.2, 0) is 4.79 Å². The van der Waals surface area contributed by atoms with Crippen molar-refractivity contribution in [1.29, 1.82) is 0 Å². The van der Waals surface area contributed by atoms with Gasteiger partial charge in [0.2, 0.25) is 5.91 Å². The summed E-state index contributed by atoms with van der Waals surface area (Å²) in [6, 6.07) is 5.80. The van der Waals surface area contributed by atoms with Gasteiger partial charge in [-0.2, -0.15) is 13.2 Å². The molecule has 0 bridgehead atoms. The van der Waals surface area contributed by atoms with Gasteiger partial charge < -0.3 is 15.8 Å². The van der Waals surface area contributed by atoms with Crippen molar-refractivity contribution in [2.45, 2.75) is 19.0 Å². The van der Waals surface area contributed by atoms with E-state index in [1.165, 1.54) is 18.2 Å². The minimum absolute atomic E-state index is 0. The first kappa shape index (κ1) is 18.5. The summed E-state index contributed by atoms with van der Waals surface area (Å²) in [7, 11) is 0. The Bertz CT molecular complexity index is 427. The number of hydrogen-bond donors (Lipinski definition) is 2. The standard InChI is InChI=1S/C12H15F3N2O2.ClH/c13-12(14,15)8-19-10-4-1-3-9(7-10)17-11(18)5-2-6-16;/h1,3-4,7H,2,5-6,8,16H2,(H,17,18);1H. The summed E-state index contributed by atoms with van der Waals surface area (Å²) in [6.07, 6.45) is -3.57. The molecule has 0 heterocycles. The van der Waals surface area contributed by atoms with E-state index in [0.717, 1.165) is 0 Å². The first-order chi connectivity index (χ1) is 8.90. The average molecular weight is 313 g/mol. The monoisotopic (exact) mass is 312 g/mol. The summed E-state index contributed by atoms with van der Waals surface area (Å²) >= 11 is 0. The number of nitrogens with one attached hydrogen (secondary N) is 1. The first-order valence-corrected chi connectivity index (χ1v) is 5.70. The Hall–Kier alpha value is -1.47. The van der Waals surface area contributed by atoms with Gasteiger partial charge >= 0.3 is 6.18 Å². The Morgan fingerprint density at radius 3 is 2.65 bits per heavy atom. The fraction of sp³-hybridized carbons (Fsp3) is 0.417. The highest BCUT2D eigenvalue weighted by atomic mass is 35.5. The van der Waals surface area contributed by atoms with E-state index in [1.807, 2.05) is 0 Å². The maximum atomic E-state index is 12.0. The molecule has 0 saturated heterocycles. The van der Waals surface area contributed by atoms with Crippen LogP contribution in [0.15, 0.2) is 24.3 Å². The lowest BCUT2D eigenvalue weighted by Crippen LogP contribution is -2.19. The number of anilines is 1. The highest BCUT2D eigenvalue weighted by molar-refractivity contribution is 5.90. The number of ether oxygens (including phenoxy) is 1. The van der Waals surface area contributed by atoms with Crippen LogP contribution in [-0.4, -0.2) is 25.2 Å². The molecule has 0 spiro atoms. The Balaban J connectivity index is 0.00000361. The number of alkyl halides is 3. The van der Waals surface area contributed by atoms with Crippen LogP contribution in [0, 0.1) is 0 Å². The zero-order chi connectivity index (χ0) is 14.3. The van der Waals surface area contributed by atoms with E-state index in [9.17, 15) is 18.0 Å². The third-order valence-corrected chi connectivity index (χ3v) is 2.13. The van der Waals surface area contributed by atoms with Gasteiger partial charge in [-0.25, -0.2) is 0 Å². The highest BCUT2D eigenvalue weighted by Gasteiger charge is 2.28. The molecule has 8 heteroatoms. The Morgan fingerprint density at radius 2 is 2.05 bits per heavy atom. The van der Waals surface area contributed by atoms with Gasteiger partial charge in [0.15, 0.2) is 6.61 Å². The number of rotatable bonds is 6. The highest BCUT2D eigenvalue weighted by Crippen LogP contribution is 2.21. The number of carbonyl (C=O) groups excluding carboxylic acids is 1. The summed E-state index contributed by atoms with van der Waals surface area (Å²) in [5.74, 6) is -0.188. The van der Waals surface area contributed by atoms with Crippen LogP contribution >= 0.6 is 12.4 Å². The predicted molar refractivity (Wildman–Crippen MR) is 72.2 cm³/mol. The smallest absolute Gasteiger partial charge is 0.422 e. The van der Waals surface area contributed by atoms with Crippen LogP contribution in [0.25, 0.3) is 0 Å². The zero-order valence-corrected chi connectivity index (χ0v) is 11.4. The summed E-state index contributed by atoms with van der Waals surface area (Å²) in [5, 5.41) is 2.56. The third kappa shape index (κ3) is 7.85. The maximum absolute atomic E-state index is 12.0. The number of nitrogens with two attached hydrogens (primary N) is 1. The quantitative estimate of drug-likeness (QED) is 0.849. The molecule has 3 N–H and O–H groups in total. The fourth-order valence-electron chi connectivity index (χ4n) is 1.31. The largest absolute Gasteiger partial charge is 0.484 e. The van der Waals surface area contributed by atoms with Crippen LogP contribution in [0.2, 0.25) is 0 Å². The summed E-state index contributed by atoms with van der Waals surface area (Å²) < 4.78 is 40.5. The molecule has 1 aromatic rings. The lowest BCUT2D eigenvalue weighted by molar-refractivity contribution is -0.153. The number of amides is 1. The minimum atomic E-state index is -4.39. The van der Waals surface area contributed by atoms with Crippen LogP contribution in [0.1, 0.15) is 12.8 Å². The van der Waals surface area contributed by atoms with Crippen molar-refractivity contribution < 1.29 is 22.7 Å². The molecule has 0 atom stereocenters. The van der Waals surface area contributed by atoms with Crippen molar-refractivity contribution in [3.05, 3.63) is 24.3 Å². The molecule has 1 aromatic carbocycles. The number of carbonyl (C=O) groups is 1. The molecule has 114 valence electrons. The van der Waals surface area contributed by atoms with Gasteiger partial charge in [0.25, 0.3) is 0 Å². The van der Waals surface area contributed by atoms with Crippen LogP contribution in [0.5, 0.6) is 5.75 Å². The molecule has 0 aliphatic heterocycles. The lowest BCUT2D eigenvalue weighted by atomic mass is 10.2. The van der Waals surface area contributed by atoms with Crippen molar-refractivity contribution in [1.82, 2.24) is 0 Å². The van der Waals surface area contributed by atoms with Gasteiger partial charge in [-0.05, 0) is 25.1 Å². The molecular formula is C12H16ClF3N2O2. The summed E-state index contributed by atoms with van der Waals surface area (Å²) in [6.45, 7) is -0.959. The summed E-state index contributed by atoms with van der Waals surface area (Å²) in [5.41, 5.74) is 5.66. The van der Waals surface area contributed by atoms with Crippen LogP contribution < -0.4 is 15.8 Å². The van der Waals surface area contributed by atoms with Gasteiger partial charge in [0, 0.05) is 18.2 Å². The zero-order valence-electron chi connectivity index (χ0n) is 10.6. The van der Waals surface area contributed by atoms with E-state index in [1.54, 1.807) is 6.07 Å². The molecule has 0 fully saturated rings. The molecule has 0 aliphatic carbocycles. The normalized spacial score (nSPS) is 10.6. The molecule has 0 unspecified atom stereocenters. The topological polar surface area (TPSA) is 64.4 Å². The molecule has 1 rings (SSSR count). The molecule has 0 radical (unpaired) electrons. The van der Waals surface area contributed by atoms with E-state index in [0.29, 0.717) is 18.7 Å². The maximum Gasteiger partial charge on any atom is 0.422 e. The molecule has 0 aromatic heterocycles. The molecule has 0 aliphatic rings. The van der Waals surface area contributed by atoms with Crippen molar-refractivity contribution in [2.75, 3.05) is 18.5 Å². The van der Waals surface area contributed by atoms with Crippen LogP contribution in [0.4, 0.5) is 18.9 Å². The first-order valence-electron chi connectivity index (χ1n) is 5.70. The van der Waals surface area contributed by atoms with Gasteiger partial charge in [0.05, 0.1) is 0 Å². The van der Waals surface area contributed by atoms with Gasteiger partial charge in [-0.1, -0.05) is 6.07 Å². The van der Waals surface area contributed by atoms with Crippen molar-refractivity contribution >= 4 is 24.0 Å². The predicted octanol–water partition coefficient (Wildman–Crippen LogP) is 2.73. The van der Waals surface area contributed by atoms with Crippen molar-refractivity contribution in [3.8, 4) is 5.75 Å². The van der Waals surface area contributed by atoms with Crippen molar-refractivity contribution in [2.24, 2.45) is 5.73 Å². The van der Waals surface area contributed by atoms with Gasteiger partial charge in [0.1, 0.15) is 5.75 Å². The molecule has 0 saturated carbocycles. The number of hydrogen-bond acceptors (Lipinski definition) is 3. The second kappa shape index (κ2) is 8.65. The number of halogens is 4. The van der Waals surface area contributed by atoms with Crippen molar-refractivity contribution in [3.63, 3.8) is 0 Å². The molecule has 4 nitrogen and oxygen atoms in total. The number of benzene rings is 1. The molecule has 1 amide bonds. The lowest BCUT2D eigenvalue weighted by Gasteiger charge is -2.10. The van der Waals surface area contributed by atoms with E-state index in [-0.39, 0.29) is 30.5 Å². The SMILES string of the molecule is Cl.NCCCC(=O)Nc1cccc(OCC(F)(F)F)c1. The van der Waals surface area contributed by atoms with E-state index in [2.05, 4.69) is 10.1 Å². The Kier molecular flexibility index (Phi) is 8.02. The third-order valence-electron chi connectivity index (χ3n) is 2.13. The fourth-order valence-corrected chi connectivity index (χ4v) is 1.31. The molecular weight excluding hydrogens is 297 g/mol. The van der Waals surface area contributed by atoms with E-state index >= 15 is 0 Å². The second-order valence-corrected chi connectivity index (χ2v) is 3.87. The average Bonchev–Trinajstić information content (AvgIpc) is 2.33. The van der Waals surface area contributed by atoms with Crippen LogP contribution in [0.3, 0.4) is 0 Å². The Labute approximate surface area is 120 Å². The van der Waals surface area contributed by atoms with E-state index < -0.39 is 12.8 Å². The summed E-state index contributed by atoms with van der Waals surface area (Å²) in [4.78, 5) is 11.4. The van der Waals surface area contributed by atoms with Gasteiger partial charge in [-0.3, -0.25) is 4.79 Å². The second-order valence-electron chi connectivity index (χ2n) is 3.87. The molecule has 20 heavy (non-hydrogen) atoms.